The maximum Gasteiger partial charge on any atom is -0.00305 e. The molecule has 0 aliphatic heterocycles. The lowest BCUT2D eigenvalue weighted by Gasteiger charge is -2.40. The minimum atomic E-state index is 0.336. The number of rotatable bonds is 1. The van der Waals surface area contributed by atoms with Gasteiger partial charge in [-0.25, -0.2) is 0 Å². The first-order chi connectivity index (χ1) is 10.4. The Labute approximate surface area is 134 Å². The van der Waals surface area contributed by atoms with Gasteiger partial charge in [0, 0.05) is 0 Å². The van der Waals surface area contributed by atoms with Crippen LogP contribution in [0.3, 0.4) is 0 Å². The van der Waals surface area contributed by atoms with Gasteiger partial charge < -0.3 is 0 Å². The fourth-order valence-corrected chi connectivity index (χ4v) is 5.30. The van der Waals surface area contributed by atoms with Gasteiger partial charge in [-0.2, -0.15) is 0 Å². The highest BCUT2D eigenvalue weighted by Crippen LogP contribution is 2.62. The van der Waals surface area contributed by atoms with Crippen LogP contribution >= 0.6 is 0 Å². The molecule has 22 heavy (non-hydrogen) atoms. The molecule has 2 atom stereocenters. The summed E-state index contributed by atoms with van der Waals surface area (Å²) in [6, 6.07) is 18.3. The topological polar surface area (TPSA) is 0 Å². The lowest BCUT2D eigenvalue weighted by molar-refractivity contribution is 0.188. The SMILES string of the molecule is CC1(C)Cc2ccccc2[C@@H]1[C@H]1c2ccccc2CC1(C)C. The van der Waals surface area contributed by atoms with E-state index in [1.165, 1.54) is 12.8 Å². The average Bonchev–Trinajstić information content (AvgIpc) is 2.86. The van der Waals surface area contributed by atoms with E-state index in [-0.39, 0.29) is 0 Å². The molecule has 0 radical (unpaired) electrons. The van der Waals surface area contributed by atoms with Crippen LogP contribution < -0.4 is 0 Å². The van der Waals surface area contributed by atoms with Gasteiger partial charge in [-0.15, -0.1) is 0 Å². The summed E-state index contributed by atoms with van der Waals surface area (Å²) in [5.41, 5.74) is 7.01. The van der Waals surface area contributed by atoms with Crippen molar-refractivity contribution < 1.29 is 0 Å². The molecular weight excluding hydrogens is 264 g/mol. The minimum Gasteiger partial charge on any atom is -0.0620 e. The molecule has 0 aromatic heterocycles. The number of fused-ring (bicyclic) bond motifs is 2. The first-order valence-electron chi connectivity index (χ1n) is 8.56. The highest BCUT2D eigenvalue weighted by molar-refractivity contribution is 5.47. The van der Waals surface area contributed by atoms with Gasteiger partial charge >= 0.3 is 0 Å². The summed E-state index contributed by atoms with van der Waals surface area (Å²) in [6.07, 6.45) is 2.42. The largest absolute Gasteiger partial charge is 0.0620 e. The lowest BCUT2D eigenvalue weighted by atomic mass is 9.63. The molecule has 0 fully saturated rings. The van der Waals surface area contributed by atoms with Gasteiger partial charge in [-0.3, -0.25) is 0 Å². The molecule has 0 amide bonds. The third-order valence-electron chi connectivity index (χ3n) is 6.09. The van der Waals surface area contributed by atoms with Gasteiger partial charge in [0.05, 0.1) is 0 Å². The van der Waals surface area contributed by atoms with Crippen molar-refractivity contribution in [3.63, 3.8) is 0 Å². The van der Waals surface area contributed by atoms with Crippen molar-refractivity contribution in [1.29, 1.82) is 0 Å². The van der Waals surface area contributed by atoms with Gasteiger partial charge in [0.1, 0.15) is 0 Å². The molecule has 0 spiro atoms. The fourth-order valence-electron chi connectivity index (χ4n) is 5.30. The number of hydrogen-bond donors (Lipinski definition) is 0. The minimum absolute atomic E-state index is 0.336. The molecule has 0 saturated heterocycles. The van der Waals surface area contributed by atoms with E-state index in [0.717, 1.165) is 0 Å². The van der Waals surface area contributed by atoms with Gasteiger partial charge in [-0.05, 0) is 57.8 Å². The zero-order valence-electron chi connectivity index (χ0n) is 14.2. The van der Waals surface area contributed by atoms with Crippen molar-refractivity contribution in [2.75, 3.05) is 0 Å². The van der Waals surface area contributed by atoms with Crippen LogP contribution in [0.1, 0.15) is 61.8 Å². The normalized spacial score (nSPS) is 27.5. The molecule has 0 heteroatoms. The van der Waals surface area contributed by atoms with Gasteiger partial charge in [0.2, 0.25) is 0 Å². The molecule has 114 valence electrons. The molecule has 0 unspecified atom stereocenters. The van der Waals surface area contributed by atoms with E-state index < -0.39 is 0 Å². The Bertz CT molecular complexity index is 657. The average molecular weight is 290 g/mol. The maximum absolute atomic E-state index is 2.47. The Morgan fingerprint density at radius 1 is 0.636 bits per heavy atom. The fraction of sp³-hybridized carbons (Fsp3) is 0.455. The predicted molar refractivity (Wildman–Crippen MR) is 93.3 cm³/mol. The van der Waals surface area contributed by atoms with E-state index in [2.05, 4.69) is 76.2 Å². The second kappa shape index (κ2) is 4.47. The van der Waals surface area contributed by atoms with Crippen molar-refractivity contribution >= 4 is 0 Å². The molecule has 0 N–H and O–H groups in total. The summed E-state index contributed by atoms with van der Waals surface area (Å²) in [5.74, 6) is 1.25. The van der Waals surface area contributed by atoms with Crippen molar-refractivity contribution in [2.45, 2.75) is 52.4 Å². The summed E-state index contributed by atoms with van der Waals surface area (Å²) in [6.45, 7) is 9.87. The third kappa shape index (κ3) is 1.89. The van der Waals surface area contributed by atoms with Gasteiger partial charge in [0.25, 0.3) is 0 Å². The van der Waals surface area contributed by atoms with Crippen LogP contribution in [-0.2, 0) is 12.8 Å². The Morgan fingerprint density at radius 3 is 1.41 bits per heavy atom. The monoisotopic (exact) mass is 290 g/mol. The van der Waals surface area contributed by atoms with Crippen LogP contribution in [0.15, 0.2) is 48.5 Å². The smallest absolute Gasteiger partial charge is 0.00305 e. The molecule has 0 nitrogen and oxygen atoms in total. The molecule has 0 saturated carbocycles. The van der Waals surface area contributed by atoms with Crippen LogP contribution in [0.4, 0.5) is 0 Å². The Hall–Kier alpha value is -1.56. The van der Waals surface area contributed by atoms with E-state index in [0.29, 0.717) is 22.7 Å². The number of hydrogen-bond acceptors (Lipinski definition) is 0. The standard InChI is InChI=1S/C22H26/c1-21(2)13-15-9-5-7-11-17(15)19(21)20-18-12-8-6-10-16(18)14-22(20,3)4/h5-12,19-20H,13-14H2,1-4H3/t19-,20-/m1/s1. The molecular formula is C22H26. The van der Waals surface area contributed by atoms with Crippen molar-refractivity contribution in [1.82, 2.24) is 0 Å². The van der Waals surface area contributed by atoms with Crippen molar-refractivity contribution in [2.24, 2.45) is 10.8 Å². The molecule has 2 aromatic carbocycles. The van der Waals surface area contributed by atoms with Crippen LogP contribution in [0.25, 0.3) is 0 Å². The second-order valence-electron chi connectivity index (χ2n) is 8.68. The van der Waals surface area contributed by atoms with Crippen LogP contribution in [0, 0.1) is 10.8 Å². The Kier molecular flexibility index (Phi) is 2.86. The van der Waals surface area contributed by atoms with Gasteiger partial charge in [-0.1, -0.05) is 76.2 Å². The molecule has 4 rings (SSSR count). The second-order valence-corrected chi connectivity index (χ2v) is 8.68. The van der Waals surface area contributed by atoms with E-state index >= 15 is 0 Å². The molecule has 2 aliphatic rings. The molecule has 0 heterocycles. The first-order valence-corrected chi connectivity index (χ1v) is 8.56. The van der Waals surface area contributed by atoms with E-state index in [9.17, 15) is 0 Å². The van der Waals surface area contributed by atoms with Gasteiger partial charge in [0.15, 0.2) is 0 Å². The summed E-state index contributed by atoms with van der Waals surface area (Å²) in [7, 11) is 0. The Balaban J connectivity index is 1.90. The summed E-state index contributed by atoms with van der Waals surface area (Å²) in [4.78, 5) is 0. The van der Waals surface area contributed by atoms with E-state index in [1.807, 2.05) is 0 Å². The quantitative estimate of drug-likeness (QED) is 0.630. The van der Waals surface area contributed by atoms with Crippen molar-refractivity contribution in [3.8, 4) is 0 Å². The van der Waals surface area contributed by atoms with Crippen LogP contribution in [0.5, 0.6) is 0 Å². The third-order valence-corrected chi connectivity index (χ3v) is 6.09. The summed E-state index contributed by atoms with van der Waals surface area (Å²) >= 11 is 0. The molecule has 2 aliphatic carbocycles. The van der Waals surface area contributed by atoms with E-state index in [1.54, 1.807) is 22.3 Å². The van der Waals surface area contributed by atoms with E-state index in [4.69, 9.17) is 0 Å². The van der Waals surface area contributed by atoms with Crippen LogP contribution in [0.2, 0.25) is 0 Å². The Morgan fingerprint density at radius 2 is 1.00 bits per heavy atom. The lowest BCUT2D eigenvalue weighted by Crippen LogP contribution is -2.30. The predicted octanol–water partition coefficient (Wildman–Crippen LogP) is 5.72. The highest BCUT2D eigenvalue weighted by Gasteiger charge is 2.51. The molecule has 2 aromatic rings. The van der Waals surface area contributed by atoms with Crippen molar-refractivity contribution in [3.05, 3.63) is 70.8 Å². The number of benzene rings is 2. The highest BCUT2D eigenvalue weighted by atomic mass is 14.5. The summed E-state index contributed by atoms with van der Waals surface area (Å²) in [5, 5.41) is 0. The maximum atomic E-state index is 2.47. The zero-order chi connectivity index (χ0) is 15.5. The zero-order valence-corrected chi connectivity index (χ0v) is 14.2. The summed E-state index contributed by atoms with van der Waals surface area (Å²) < 4.78 is 0. The molecule has 0 bridgehead atoms. The first kappa shape index (κ1) is 14.1. The van der Waals surface area contributed by atoms with Crippen LogP contribution in [-0.4, -0.2) is 0 Å².